The standard InChI is InChI=1S/C13H11Cl2F3N4O3S/c14-8-2-7(25-13(16,17)18)3-9(15)12(8)10(4-19)26(24)11-1-6(5-20-23)21-22-11/h1-3,5,10,23H,4,19H2,(H,21,22). The molecule has 0 saturated heterocycles. The Morgan fingerprint density at radius 1 is 1.38 bits per heavy atom. The normalized spacial score (nSPS) is 14.5. The third-order valence-electron chi connectivity index (χ3n) is 3.06. The zero-order chi connectivity index (χ0) is 19.5. The second kappa shape index (κ2) is 8.25. The molecule has 2 aromatic rings. The van der Waals surface area contributed by atoms with Crippen molar-refractivity contribution in [3.8, 4) is 5.75 Å². The van der Waals surface area contributed by atoms with Crippen molar-refractivity contribution in [2.75, 3.05) is 6.54 Å². The van der Waals surface area contributed by atoms with E-state index in [1.54, 1.807) is 0 Å². The molecule has 1 heterocycles. The van der Waals surface area contributed by atoms with Gasteiger partial charge in [0, 0.05) is 18.2 Å². The van der Waals surface area contributed by atoms with E-state index in [9.17, 15) is 17.4 Å². The number of ether oxygens (including phenoxy) is 1. The van der Waals surface area contributed by atoms with Crippen molar-refractivity contribution in [3.63, 3.8) is 0 Å². The number of oxime groups is 1. The van der Waals surface area contributed by atoms with Crippen LogP contribution in [0.4, 0.5) is 13.2 Å². The van der Waals surface area contributed by atoms with E-state index >= 15 is 0 Å². The number of halogens is 5. The molecular weight excluding hydrogens is 420 g/mol. The van der Waals surface area contributed by atoms with Gasteiger partial charge in [0.1, 0.15) is 16.5 Å². The summed E-state index contributed by atoms with van der Waals surface area (Å²) >= 11 is 12.0. The first-order valence-corrected chi connectivity index (χ1v) is 8.71. The fourth-order valence-corrected chi connectivity index (χ4v) is 4.26. The van der Waals surface area contributed by atoms with E-state index in [0.717, 1.165) is 18.3 Å². The molecule has 13 heteroatoms. The Morgan fingerprint density at radius 3 is 2.50 bits per heavy atom. The van der Waals surface area contributed by atoms with Crippen LogP contribution in [0.1, 0.15) is 16.5 Å². The van der Waals surface area contributed by atoms with Gasteiger partial charge in [0.05, 0.1) is 32.3 Å². The second-order valence-corrected chi connectivity index (χ2v) is 7.19. The molecule has 2 unspecified atom stereocenters. The van der Waals surface area contributed by atoms with Crippen LogP contribution in [0.3, 0.4) is 0 Å². The maximum atomic E-state index is 12.7. The molecule has 0 amide bonds. The van der Waals surface area contributed by atoms with Crippen LogP contribution in [0, 0.1) is 0 Å². The van der Waals surface area contributed by atoms with Gasteiger partial charge in [0.25, 0.3) is 0 Å². The molecule has 4 N–H and O–H groups in total. The summed E-state index contributed by atoms with van der Waals surface area (Å²) in [5.74, 6) is -0.610. The van der Waals surface area contributed by atoms with E-state index in [4.69, 9.17) is 34.1 Å². The first-order chi connectivity index (χ1) is 12.2. The highest BCUT2D eigenvalue weighted by Crippen LogP contribution is 2.39. The zero-order valence-electron chi connectivity index (χ0n) is 12.6. The molecule has 2 atom stereocenters. The van der Waals surface area contributed by atoms with Crippen LogP contribution in [0.25, 0.3) is 0 Å². The zero-order valence-corrected chi connectivity index (χ0v) is 15.0. The molecule has 1 aromatic carbocycles. The van der Waals surface area contributed by atoms with E-state index in [0.29, 0.717) is 0 Å². The van der Waals surface area contributed by atoms with Gasteiger partial charge in [-0.2, -0.15) is 5.10 Å². The summed E-state index contributed by atoms with van der Waals surface area (Å²) in [5.41, 5.74) is 5.98. The molecule has 2 rings (SSSR count). The average Bonchev–Trinajstić information content (AvgIpc) is 2.97. The number of nitrogens with two attached hydrogens (primary N) is 1. The van der Waals surface area contributed by atoms with E-state index in [1.807, 2.05) is 0 Å². The minimum absolute atomic E-state index is 0.107. The molecular formula is C13H11Cl2F3N4O3S. The monoisotopic (exact) mass is 430 g/mol. The van der Waals surface area contributed by atoms with Gasteiger partial charge < -0.3 is 15.7 Å². The predicted octanol–water partition coefficient (Wildman–Crippen LogP) is 3.23. The molecule has 0 bridgehead atoms. The van der Waals surface area contributed by atoms with Crippen molar-refractivity contribution in [1.82, 2.24) is 10.2 Å². The Bertz CT molecular complexity index is 821. The summed E-state index contributed by atoms with van der Waals surface area (Å²) in [5, 5.41) is 16.3. The number of nitrogens with one attached hydrogen (secondary N) is 1. The van der Waals surface area contributed by atoms with Crippen molar-refractivity contribution < 1.29 is 27.3 Å². The number of rotatable bonds is 6. The quantitative estimate of drug-likeness (QED) is 0.369. The van der Waals surface area contributed by atoms with Gasteiger partial charge in [-0.05, 0) is 12.1 Å². The van der Waals surface area contributed by atoms with Crippen LogP contribution in [0.5, 0.6) is 5.75 Å². The van der Waals surface area contributed by atoms with Crippen LogP contribution in [0.15, 0.2) is 28.4 Å². The number of aromatic nitrogens is 2. The van der Waals surface area contributed by atoms with Crippen LogP contribution in [-0.4, -0.2) is 38.7 Å². The summed E-state index contributed by atoms with van der Waals surface area (Å²) in [4.78, 5) is 0. The van der Waals surface area contributed by atoms with Gasteiger partial charge in [0.15, 0.2) is 0 Å². The summed E-state index contributed by atoms with van der Waals surface area (Å²) in [6.07, 6.45) is -3.90. The maximum Gasteiger partial charge on any atom is 0.573 e. The molecule has 0 spiro atoms. The third kappa shape index (κ3) is 4.87. The number of aromatic amines is 1. The van der Waals surface area contributed by atoms with E-state index < -0.39 is 28.2 Å². The SMILES string of the molecule is NCC(c1c(Cl)cc(OC(F)(F)F)cc1Cl)S(=O)c1cc(C=NO)n[nH]1. The number of nitrogens with zero attached hydrogens (tertiary/aromatic N) is 2. The first-order valence-electron chi connectivity index (χ1n) is 6.74. The highest BCUT2D eigenvalue weighted by atomic mass is 35.5. The lowest BCUT2D eigenvalue weighted by molar-refractivity contribution is -0.274. The Kier molecular flexibility index (Phi) is 6.50. The van der Waals surface area contributed by atoms with Crippen molar-refractivity contribution in [2.45, 2.75) is 16.6 Å². The number of benzene rings is 1. The molecule has 26 heavy (non-hydrogen) atoms. The number of hydrogen-bond donors (Lipinski definition) is 3. The Balaban J connectivity index is 2.38. The minimum Gasteiger partial charge on any atom is -0.411 e. The lowest BCUT2D eigenvalue weighted by Gasteiger charge is -2.18. The second-order valence-electron chi connectivity index (χ2n) is 4.77. The first kappa shape index (κ1) is 20.5. The molecule has 0 aliphatic heterocycles. The van der Waals surface area contributed by atoms with Gasteiger partial charge in [-0.1, -0.05) is 28.4 Å². The molecule has 1 aromatic heterocycles. The highest BCUT2D eigenvalue weighted by Gasteiger charge is 2.32. The van der Waals surface area contributed by atoms with E-state index in [2.05, 4.69) is 20.1 Å². The molecule has 0 radical (unpaired) electrons. The van der Waals surface area contributed by atoms with Gasteiger partial charge >= 0.3 is 6.36 Å². The Hall–Kier alpha value is -1.82. The van der Waals surface area contributed by atoms with Crippen LogP contribution < -0.4 is 10.5 Å². The third-order valence-corrected chi connectivity index (χ3v) is 5.27. The maximum absolute atomic E-state index is 12.7. The van der Waals surface area contributed by atoms with Crippen molar-refractivity contribution >= 4 is 40.2 Å². The van der Waals surface area contributed by atoms with Crippen LogP contribution >= 0.6 is 23.2 Å². The molecule has 0 saturated carbocycles. The number of alkyl halides is 3. The fraction of sp³-hybridized carbons (Fsp3) is 0.231. The predicted molar refractivity (Wildman–Crippen MR) is 89.3 cm³/mol. The van der Waals surface area contributed by atoms with Gasteiger partial charge in [-0.3, -0.25) is 9.31 Å². The molecule has 7 nitrogen and oxygen atoms in total. The van der Waals surface area contributed by atoms with Crippen molar-refractivity contribution in [2.24, 2.45) is 10.9 Å². The summed E-state index contributed by atoms with van der Waals surface area (Å²) in [6, 6.07) is 3.17. The van der Waals surface area contributed by atoms with Crippen LogP contribution in [-0.2, 0) is 10.8 Å². The highest BCUT2D eigenvalue weighted by molar-refractivity contribution is 7.85. The lowest BCUT2D eigenvalue weighted by atomic mass is 10.1. The minimum atomic E-state index is -4.91. The lowest BCUT2D eigenvalue weighted by Crippen LogP contribution is -2.20. The smallest absolute Gasteiger partial charge is 0.411 e. The van der Waals surface area contributed by atoms with Crippen molar-refractivity contribution in [1.29, 1.82) is 0 Å². The topological polar surface area (TPSA) is 114 Å². The van der Waals surface area contributed by atoms with E-state index in [1.165, 1.54) is 6.07 Å². The Labute approximate surface area is 157 Å². The van der Waals surface area contributed by atoms with Crippen molar-refractivity contribution in [3.05, 3.63) is 39.5 Å². The van der Waals surface area contributed by atoms with Crippen LogP contribution in [0.2, 0.25) is 10.0 Å². The molecule has 0 aliphatic carbocycles. The fourth-order valence-electron chi connectivity index (χ4n) is 2.07. The number of hydrogen-bond acceptors (Lipinski definition) is 6. The van der Waals surface area contributed by atoms with Gasteiger partial charge in [-0.15, -0.1) is 13.2 Å². The number of H-pyrrole nitrogens is 1. The summed E-state index contributed by atoms with van der Waals surface area (Å²) < 4.78 is 53.5. The largest absolute Gasteiger partial charge is 0.573 e. The molecule has 0 aliphatic rings. The van der Waals surface area contributed by atoms with Gasteiger partial charge in [0.2, 0.25) is 0 Å². The summed E-state index contributed by atoms with van der Waals surface area (Å²) in [6.45, 7) is -0.173. The Morgan fingerprint density at radius 2 is 2.00 bits per heavy atom. The molecule has 0 fully saturated rings. The van der Waals surface area contributed by atoms with Gasteiger partial charge in [-0.25, -0.2) is 0 Å². The van der Waals surface area contributed by atoms with E-state index in [-0.39, 0.29) is 32.9 Å². The average molecular weight is 431 g/mol. The molecule has 142 valence electrons. The summed E-state index contributed by atoms with van der Waals surface area (Å²) in [7, 11) is -1.82.